The Morgan fingerprint density at radius 3 is 3.05 bits per heavy atom. The third kappa shape index (κ3) is 2.95. The number of aliphatic hydroxyl groups excluding tert-OH is 1. The molecule has 0 aromatic carbocycles. The van der Waals surface area contributed by atoms with E-state index in [0.29, 0.717) is 0 Å². The number of aryl methyl sites for hydroxylation is 1. The molecule has 2 aromatic heterocycles. The molecule has 1 atom stereocenters. The minimum absolute atomic E-state index is 0.0221. The van der Waals surface area contributed by atoms with Gasteiger partial charge in [-0.2, -0.15) is 0 Å². The Morgan fingerprint density at radius 1 is 1.52 bits per heavy atom. The topological polar surface area (TPSA) is 79.5 Å². The minimum atomic E-state index is -3.70. The molecule has 1 aliphatic carbocycles. The molecule has 0 fully saturated rings. The maximum Gasteiger partial charge on any atom is 0.245 e. The molecule has 0 amide bonds. The van der Waals surface area contributed by atoms with Crippen LogP contribution in [0, 0.1) is 0 Å². The lowest BCUT2D eigenvalue weighted by Gasteiger charge is -2.23. The predicted octanol–water partition coefficient (Wildman–Crippen LogP) is 2.95. The fraction of sp³-hybridized carbons (Fsp3) is 0.385. The Morgan fingerprint density at radius 2 is 2.33 bits per heavy atom. The van der Waals surface area contributed by atoms with Gasteiger partial charge in [0.05, 0.1) is 0 Å². The van der Waals surface area contributed by atoms with Crippen molar-refractivity contribution in [1.29, 1.82) is 0 Å². The highest BCUT2D eigenvalue weighted by Gasteiger charge is 2.29. The molecule has 3 rings (SSSR count). The summed E-state index contributed by atoms with van der Waals surface area (Å²) in [5.41, 5.74) is 1.07. The number of furan rings is 1. The molecule has 0 radical (unpaired) electrons. The van der Waals surface area contributed by atoms with Crippen LogP contribution in [-0.2, 0) is 23.1 Å². The lowest BCUT2D eigenvalue weighted by atomic mass is 9.95. The molecule has 2 aromatic rings. The van der Waals surface area contributed by atoms with Crippen LogP contribution in [0.1, 0.15) is 35.1 Å². The van der Waals surface area contributed by atoms with Gasteiger partial charge in [0.1, 0.15) is 17.3 Å². The van der Waals surface area contributed by atoms with Gasteiger partial charge < -0.3 is 9.52 Å². The van der Waals surface area contributed by atoms with Gasteiger partial charge in [0.2, 0.25) is 10.0 Å². The molecule has 1 unspecified atom stereocenters. The van der Waals surface area contributed by atoms with Crippen LogP contribution in [0.25, 0.3) is 0 Å². The molecule has 2 heterocycles. The summed E-state index contributed by atoms with van der Waals surface area (Å²) < 4.78 is 33.0. The first-order valence-corrected chi connectivity index (χ1v) is 9.64. The third-order valence-corrected chi connectivity index (χ3v) is 6.83. The number of nitrogens with one attached hydrogen (secondary N) is 1. The van der Waals surface area contributed by atoms with Crippen molar-refractivity contribution in [1.82, 2.24) is 4.72 Å². The molecule has 5 nitrogen and oxygen atoms in total. The zero-order chi connectivity index (χ0) is 15.0. The second-order valence-corrected chi connectivity index (χ2v) is 8.28. The molecular formula is C13H14BrNO4S2. The van der Waals surface area contributed by atoms with E-state index in [1.165, 1.54) is 10.9 Å². The number of fused-ring (bicyclic) bond motifs is 1. The molecular weight excluding hydrogens is 378 g/mol. The SMILES string of the molecule is O=S(=O)(NC1CCCc2sccc21)c1cc(CO)oc1Br. The Bertz CT molecular complexity index is 750. The lowest BCUT2D eigenvalue weighted by molar-refractivity contribution is 0.245. The van der Waals surface area contributed by atoms with E-state index in [1.54, 1.807) is 11.3 Å². The predicted molar refractivity (Wildman–Crippen MR) is 82.7 cm³/mol. The number of rotatable bonds is 4. The normalized spacial score (nSPS) is 18.7. The molecule has 0 saturated carbocycles. The highest BCUT2D eigenvalue weighted by atomic mass is 79.9. The number of thiophene rings is 1. The average Bonchev–Trinajstić information content (AvgIpc) is 3.05. The first-order valence-electron chi connectivity index (χ1n) is 6.49. The van der Waals surface area contributed by atoms with Crippen molar-refractivity contribution in [3.05, 3.63) is 38.4 Å². The molecule has 2 N–H and O–H groups in total. The number of halogens is 1. The van der Waals surface area contributed by atoms with Crippen molar-refractivity contribution in [3.8, 4) is 0 Å². The first-order chi connectivity index (χ1) is 10.0. The maximum atomic E-state index is 12.5. The monoisotopic (exact) mass is 391 g/mol. The van der Waals surface area contributed by atoms with Crippen LogP contribution in [0.4, 0.5) is 0 Å². The van der Waals surface area contributed by atoms with Crippen LogP contribution in [0.5, 0.6) is 0 Å². The number of hydrogen-bond donors (Lipinski definition) is 2. The van der Waals surface area contributed by atoms with E-state index >= 15 is 0 Å². The van der Waals surface area contributed by atoms with E-state index in [0.717, 1.165) is 24.8 Å². The summed E-state index contributed by atoms with van der Waals surface area (Å²) in [7, 11) is -3.70. The van der Waals surface area contributed by atoms with E-state index in [-0.39, 0.29) is 28.0 Å². The molecule has 21 heavy (non-hydrogen) atoms. The Labute approximate surface area is 135 Å². The van der Waals surface area contributed by atoms with Crippen molar-refractivity contribution in [2.75, 3.05) is 0 Å². The molecule has 0 saturated heterocycles. The highest BCUT2D eigenvalue weighted by molar-refractivity contribution is 9.10. The standard InChI is InChI=1S/C13H14BrNO4S2/c14-13-12(6-8(7-16)19-13)21(17,18)15-10-2-1-3-11-9(10)4-5-20-11/h4-6,10,15-16H,1-3,7H2. The van der Waals surface area contributed by atoms with Crippen LogP contribution < -0.4 is 4.72 Å². The van der Waals surface area contributed by atoms with Gasteiger partial charge in [-0.1, -0.05) is 0 Å². The van der Waals surface area contributed by atoms with E-state index in [9.17, 15) is 8.42 Å². The smallest absolute Gasteiger partial charge is 0.245 e. The van der Waals surface area contributed by atoms with Crippen molar-refractivity contribution in [2.24, 2.45) is 0 Å². The van der Waals surface area contributed by atoms with E-state index in [1.807, 2.05) is 11.4 Å². The second kappa shape index (κ2) is 5.85. The molecule has 0 aliphatic heterocycles. The van der Waals surface area contributed by atoms with Gasteiger partial charge in [0, 0.05) is 17.0 Å². The summed E-state index contributed by atoms with van der Waals surface area (Å²) >= 11 is 4.75. The maximum absolute atomic E-state index is 12.5. The number of aliphatic hydroxyl groups is 1. The van der Waals surface area contributed by atoms with E-state index in [2.05, 4.69) is 20.7 Å². The molecule has 8 heteroatoms. The van der Waals surface area contributed by atoms with Crippen molar-refractivity contribution >= 4 is 37.3 Å². The summed E-state index contributed by atoms with van der Waals surface area (Å²) in [6.45, 7) is -0.341. The largest absolute Gasteiger partial charge is 0.450 e. The average molecular weight is 392 g/mol. The Balaban J connectivity index is 1.89. The van der Waals surface area contributed by atoms with Crippen molar-refractivity contribution < 1.29 is 17.9 Å². The fourth-order valence-electron chi connectivity index (χ4n) is 2.52. The minimum Gasteiger partial charge on any atom is -0.450 e. The third-order valence-electron chi connectivity index (χ3n) is 3.50. The van der Waals surface area contributed by atoms with Gasteiger partial charge in [-0.3, -0.25) is 0 Å². The van der Waals surface area contributed by atoms with Gasteiger partial charge in [0.15, 0.2) is 4.67 Å². The van der Waals surface area contributed by atoms with Gasteiger partial charge >= 0.3 is 0 Å². The lowest BCUT2D eigenvalue weighted by Crippen LogP contribution is -2.30. The zero-order valence-electron chi connectivity index (χ0n) is 11.0. The molecule has 0 spiro atoms. The summed E-state index contributed by atoms with van der Waals surface area (Å²) in [4.78, 5) is 1.27. The Kier molecular flexibility index (Phi) is 4.24. The summed E-state index contributed by atoms with van der Waals surface area (Å²) in [5, 5.41) is 11.0. The highest BCUT2D eigenvalue weighted by Crippen LogP contribution is 2.35. The van der Waals surface area contributed by atoms with E-state index < -0.39 is 10.0 Å². The summed E-state index contributed by atoms with van der Waals surface area (Å²) in [6.07, 6.45) is 2.76. The van der Waals surface area contributed by atoms with Crippen LogP contribution in [-0.4, -0.2) is 13.5 Å². The zero-order valence-corrected chi connectivity index (χ0v) is 14.2. The quantitative estimate of drug-likeness (QED) is 0.839. The van der Waals surface area contributed by atoms with Crippen molar-refractivity contribution in [3.63, 3.8) is 0 Å². The van der Waals surface area contributed by atoms with E-state index in [4.69, 9.17) is 9.52 Å². The van der Waals surface area contributed by atoms with Crippen molar-refractivity contribution in [2.45, 2.75) is 36.8 Å². The molecule has 0 bridgehead atoms. The summed E-state index contributed by atoms with van der Waals surface area (Å²) in [5.74, 6) is 0.210. The fourth-order valence-corrected chi connectivity index (χ4v) is 5.75. The van der Waals surface area contributed by atoms with Crippen LogP contribution in [0.3, 0.4) is 0 Å². The molecule has 114 valence electrons. The molecule has 1 aliphatic rings. The number of sulfonamides is 1. The van der Waals surface area contributed by atoms with Gasteiger partial charge in [0.25, 0.3) is 0 Å². The van der Waals surface area contributed by atoms with Gasteiger partial charge in [-0.25, -0.2) is 13.1 Å². The van der Waals surface area contributed by atoms with Crippen LogP contribution >= 0.6 is 27.3 Å². The van der Waals surface area contributed by atoms with Gasteiger partial charge in [-0.05, 0) is 52.2 Å². The first kappa shape index (κ1) is 15.2. The van der Waals surface area contributed by atoms with Crippen LogP contribution in [0.2, 0.25) is 0 Å². The number of hydrogen-bond acceptors (Lipinski definition) is 5. The second-order valence-electron chi connectivity index (χ2n) is 4.87. The summed E-state index contributed by atoms with van der Waals surface area (Å²) in [6, 6.07) is 3.11. The van der Waals surface area contributed by atoms with Gasteiger partial charge in [-0.15, -0.1) is 11.3 Å². The van der Waals surface area contributed by atoms with Crippen LogP contribution in [0.15, 0.2) is 31.5 Å². The Hall–Kier alpha value is -0.670.